The van der Waals surface area contributed by atoms with Gasteiger partial charge in [-0.1, -0.05) is 0 Å². The molecular formula is C11H13BrN4O. The lowest BCUT2D eigenvalue weighted by atomic mass is 10.3. The molecule has 0 saturated carbocycles. The van der Waals surface area contributed by atoms with E-state index in [2.05, 4.69) is 37.8 Å². The number of hydrogen-bond donors (Lipinski definition) is 0. The second-order valence-electron chi connectivity index (χ2n) is 4.17. The second kappa shape index (κ2) is 4.27. The molecule has 0 bridgehead atoms. The van der Waals surface area contributed by atoms with Gasteiger partial charge in [-0.05, 0) is 35.0 Å². The number of halogens is 1. The summed E-state index contributed by atoms with van der Waals surface area (Å²) in [6.45, 7) is 4.60. The van der Waals surface area contributed by atoms with Crippen molar-refractivity contribution in [1.82, 2.24) is 14.6 Å². The molecule has 1 atom stereocenters. The van der Waals surface area contributed by atoms with Crippen LogP contribution in [-0.2, 0) is 4.74 Å². The van der Waals surface area contributed by atoms with Gasteiger partial charge in [-0.15, -0.1) is 5.10 Å². The van der Waals surface area contributed by atoms with Crippen molar-refractivity contribution in [3.05, 3.63) is 22.9 Å². The van der Waals surface area contributed by atoms with E-state index < -0.39 is 0 Å². The summed E-state index contributed by atoms with van der Waals surface area (Å²) in [4.78, 5) is 6.47. The maximum absolute atomic E-state index is 5.53. The maximum atomic E-state index is 5.53. The average Bonchev–Trinajstić information content (AvgIpc) is 2.71. The van der Waals surface area contributed by atoms with Gasteiger partial charge in [0.15, 0.2) is 5.65 Å². The van der Waals surface area contributed by atoms with Crippen molar-refractivity contribution in [1.29, 1.82) is 0 Å². The van der Waals surface area contributed by atoms with E-state index in [0.717, 1.165) is 35.8 Å². The standard InChI is InChI=1S/C11H13BrN4O/c1-8-7-15(4-5-17-8)11-3-2-10-13-6-9(12)16(10)14-11/h2-3,6,8H,4-5,7H2,1H3/t8-/m1/s1. The summed E-state index contributed by atoms with van der Waals surface area (Å²) in [5, 5.41) is 4.57. The quantitative estimate of drug-likeness (QED) is 0.804. The van der Waals surface area contributed by atoms with Gasteiger partial charge in [-0.25, -0.2) is 9.50 Å². The number of aromatic nitrogens is 3. The summed E-state index contributed by atoms with van der Waals surface area (Å²) in [5.74, 6) is 0.964. The lowest BCUT2D eigenvalue weighted by molar-refractivity contribution is 0.0528. The van der Waals surface area contributed by atoms with Crippen LogP contribution in [0, 0.1) is 0 Å². The van der Waals surface area contributed by atoms with E-state index in [1.807, 2.05) is 12.1 Å². The predicted octanol–water partition coefficient (Wildman–Crippen LogP) is 1.72. The molecule has 1 aliphatic rings. The Bertz CT molecular complexity index is 541. The predicted molar refractivity (Wildman–Crippen MR) is 68.3 cm³/mol. The molecule has 3 heterocycles. The van der Waals surface area contributed by atoms with Gasteiger partial charge >= 0.3 is 0 Å². The Hall–Kier alpha value is -1.14. The van der Waals surface area contributed by atoms with Crippen LogP contribution in [0.15, 0.2) is 22.9 Å². The molecule has 0 spiro atoms. The van der Waals surface area contributed by atoms with Crippen LogP contribution >= 0.6 is 15.9 Å². The normalized spacial score (nSPS) is 21.1. The highest BCUT2D eigenvalue weighted by Gasteiger charge is 2.18. The fourth-order valence-electron chi connectivity index (χ4n) is 2.03. The molecule has 6 heteroatoms. The van der Waals surface area contributed by atoms with E-state index in [1.165, 1.54) is 0 Å². The van der Waals surface area contributed by atoms with Crippen molar-refractivity contribution in [3.8, 4) is 0 Å². The Morgan fingerprint density at radius 1 is 1.47 bits per heavy atom. The maximum Gasteiger partial charge on any atom is 0.154 e. The van der Waals surface area contributed by atoms with Crippen LogP contribution in [0.1, 0.15) is 6.92 Å². The highest BCUT2D eigenvalue weighted by atomic mass is 79.9. The van der Waals surface area contributed by atoms with Crippen LogP contribution in [0.3, 0.4) is 0 Å². The number of imidazole rings is 1. The molecule has 2 aromatic heterocycles. The lowest BCUT2D eigenvalue weighted by Crippen LogP contribution is -2.41. The molecule has 0 aromatic carbocycles. The van der Waals surface area contributed by atoms with Gasteiger partial charge in [0.2, 0.25) is 0 Å². The van der Waals surface area contributed by atoms with Crippen LogP contribution < -0.4 is 4.90 Å². The summed E-state index contributed by atoms with van der Waals surface area (Å²) in [6.07, 6.45) is 2.01. The first kappa shape index (κ1) is 11.0. The number of nitrogens with zero attached hydrogens (tertiary/aromatic N) is 4. The minimum absolute atomic E-state index is 0.257. The number of rotatable bonds is 1. The number of ether oxygens (including phenoxy) is 1. The minimum Gasteiger partial charge on any atom is -0.375 e. The SMILES string of the molecule is C[C@@H]1CN(c2ccc3ncc(Br)n3n2)CCO1. The molecule has 0 N–H and O–H groups in total. The number of fused-ring (bicyclic) bond motifs is 1. The fraction of sp³-hybridized carbons (Fsp3) is 0.455. The molecule has 17 heavy (non-hydrogen) atoms. The molecule has 0 amide bonds. The van der Waals surface area contributed by atoms with Crippen molar-refractivity contribution in [3.63, 3.8) is 0 Å². The lowest BCUT2D eigenvalue weighted by Gasteiger charge is -2.31. The highest BCUT2D eigenvalue weighted by Crippen LogP contribution is 2.18. The highest BCUT2D eigenvalue weighted by molar-refractivity contribution is 9.10. The third-order valence-corrected chi connectivity index (χ3v) is 3.41. The van der Waals surface area contributed by atoms with Crippen LogP contribution in [0.5, 0.6) is 0 Å². The van der Waals surface area contributed by atoms with Gasteiger partial charge in [-0.2, -0.15) is 0 Å². The van der Waals surface area contributed by atoms with Crippen LogP contribution in [0.4, 0.5) is 5.82 Å². The monoisotopic (exact) mass is 296 g/mol. The average molecular weight is 297 g/mol. The number of hydrogen-bond acceptors (Lipinski definition) is 4. The molecule has 1 fully saturated rings. The van der Waals surface area contributed by atoms with Crippen molar-refractivity contribution in [2.75, 3.05) is 24.6 Å². The Kier molecular flexibility index (Phi) is 2.76. The molecule has 3 rings (SSSR count). The Labute approximate surface area is 108 Å². The Morgan fingerprint density at radius 3 is 3.18 bits per heavy atom. The third-order valence-electron chi connectivity index (χ3n) is 2.87. The van der Waals surface area contributed by atoms with Crippen LogP contribution in [-0.4, -0.2) is 40.4 Å². The first-order valence-electron chi connectivity index (χ1n) is 5.61. The molecule has 0 radical (unpaired) electrons. The number of anilines is 1. The first-order valence-corrected chi connectivity index (χ1v) is 6.40. The number of morpholine rings is 1. The summed E-state index contributed by atoms with van der Waals surface area (Å²) >= 11 is 3.43. The molecule has 90 valence electrons. The van der Waals surface area contributed by atoms with Crippen molar-refractivity contribution >= 4 is 27.4 Å². The molecule has 1 aliphatic heterocycles. The van der Waals surface area contributed by atoms with E-state index >= 15 is 0 Å². The second-order valence-corrected chi connectivity index (χ2v) is 4.98. The van der Waals surface area contributed by atoms with E-state index in [0.29, 0.717) is 0 Å². The molecule has 0 aliphatic carbocycles. The van der Waals surface area contributed by atoms with Crippen molar-refractivity contribution < 1.29 is 4.74 Å². The van der Waals surface area contributed by atoms with E-state index in [-0.39, 0.29) is 6.10 Å². The zero-order valence-corrected chi connectivity index (χ0v) is 11.1. The zero-order chi connectivity index (χ0) is 11.8. The summed E-state index contributed by atoms with van der Waals surface area (Å²) < 4.78 is 8.20. The molecular weight excluding hydrogens is 284 g/mol. The van der Waals surface area contributed by atoms with Gasteiger partial charge < -0.3 is 9.64 Å². The summed E-state index contributed by atoms with van der Waals surface area (Å²) in [7, 11) is 0. The van der Waals surface area contributed by atoms with Crippen molar-refractivity contribution in [2.24, 2.45) is 0 Å². The first-order chi connectivity index (χ1) is 8.24. The fourth-order valence-corrected chi connectivity index (χ4v) is 2.39. The van der Waals surface area contributed by atoms with Crippen LogP contribution in [0.2, 0.25) is 0 Å². The van der Waals surface area contributed by atoms with Gasteiger partial charge in [0, 0.05) is 13.1 Å². The molecule has 0 unspecified atom stereocenters. The topological polar surface area (TPSA) is 42.7 Å². The van der Waals surface area contributed by atoms with Gasteiger partial charge in [0.05, 0.1) is 18.9 Å². The Balaban J connectivity index is 1.96. The van der Waals surface area contributed by atoms with E-state index in [4.69, 9.17) is 4.74 Å². The minimum atomic E-state index is 0.257. The van der Waals surface area contributed by atoms with Gasteiger partial charge in [0.25, 0.3) is 0 Å². The van der Waals surface area contributed by atoms with Crippen molar-refractivity contribution in [2.45, 2.75) is 13.0 Å². The summed E-state index contributed by atoms with van der Waals surface area (Å²) in [6, 6.07) is 3.99. The zero-order valence-electron chi connectivity index (χ0n) is 9.51. The van der Waals surface area contributed by atoms with Crippen LogP contribution in [0.25, 0.3) is 5.65 Å². The molecule has 1 saturated heterocycles. The molecule has 5 nitrogen and oxygen atoms in total. The smallest absolute Gasteiger partial charge is 0.154 e. The van der Waals surface area contributed by atoms with Gasteiger partial charge in [-0.3, -0.25) is 0 Å². The largest absolute Gasteiger partial charge is 0.375 e. The van der Waals surface area contributed by atoms with E-state index in [1.54, 1.807) is 10.7 Å². The molecule has 2 aromatic rings. The summed E-state index contributed by atoms with van der Waals surface area (Å²) in [5.41, 5.74) is 0.849. The Morgan fingerprint density at radius 2 is 2.35 bits per heavy atom. The van der Waals surface area contributed by atoms with Gasteiger partial charge in [0.1, 0.15) is 10.4 Å². The third kappa shape index (κ3) is 2.02. The van der Waals surface area contributed by atoms with E-state index in [9.17, 15) is 0 Å².